The maximum absolute atomic E-state index is 12.0. The van der Waals surface area contributed by atoms with Crippen molar-refractivity contribution in [2.75, 3.05) is 5.32 Å². The third kappa shape index (κ3) is 2.78. The molecule has 0 unspecified atom stereocenters. The fourth-order valence-electron chi connectivity index (χ4n) is 1.39. The summed E-state index contributed by atoms with van der Waals surface area (Å²) in [6.45, 7) is 1.86. The Morgan fingerprint density at radius 1 is 1.28 bits per heavy atom. The number of aromatic nitrogens is 2. The zero-order chi connectivity index (χ0) is 13.1. The zero-order valence-electron chi connectivity index (χ0n) is 9.45. The Balaban J connectivity index is 2.27. The molecule has 0 aliphatic carbocycles. The third-order valence-electron chi connectivity index (χ3n) is 2.23. The number of pyridine rings is 2. The van der Waals surface area contributed by atoms with E-state index in [1.807, 2.05) is 6.92 Å². The van der Waals surface area contributed by atoms with Crippen LogP contribution in [0.5, 0.6) is 0 Å². The summed E-state index contributed by atoms with van der Waals surface area (Å²) >= 11 is 11.7. The molecule has 18 heavy (non-hydrogen) atoms. The molecule has 0 aliphatic rings. The maximum Gasteiger partial charge on any atom is 0.258 e. The van der Waals surface area contributed by atoms with Gasteiger partial charge in [0, 0.05) is 12.4 Å². The van der Waals surface area contributed by atoms with Gasteiger partial charge in [0.1, 0.15) is 5.15 Å². The van der Waals surface area contributed by atoms with Crippen LogP contribution in [-0.4, -0.2) is 15.9 Å². The van der Waals surface area contributed by atoms with E-state index in [9.17, 15) is 4.79 Å². The van der Waals surface area contributed by atoms with Gasteiger partial charge in [0.15, 0.2) is 5.15 Å². The number of carbonyl (C=O) groups is 1. The Morgan fingerprint density at radius 2 is 2.06 bits per heavy atom. The monoisotopic (exact) mass is 281 g/mol. The molecule has 92 valence electrons. The summed E-state index contributed by atoms with van der Waals surface area (Å²) < 4.78 is 0. The van der Waals surface area contributed by atoms with Gasteiger partial charge in [-0.05, 0) is 30.7 Å². The first-order valence-corrected chi connectivity index (χ1v) is 5.87. The highest BCUT2D eigenvalue weighted by molar-refractivity contribution is 6.34. The van der Waals surface area contributed by atoms with Gasteiger partial charge < -0.3 is 5.32 Å². The molecule has 2 aromatic rings. The molecule has 2 aromatic heterocycles. The van der Waals surface area contributed by atoms with Gasteiger partial charge in [-0.25, -0.2) is 9.97 Å². The summed E-state index contributed by atoms with van der Waals surface area (Å²) in [4.78, 5) is 19.8. The van der Waals surface area contributed by atoms with E-state index < -0.39 is 0 Å². The lowest BCUT2D eigenvalue weighted by atomic mass is 10.2. The van der Waals surface area contributed by atoms with Gasteiger partial charge in [-0.3, -0.25) is 4.79 Å². The maximum atomic E-state index is 12.0. The summed E-state index contributed by atoms with van der Waals surface area (Å²) in [5.41, 5.74) is 1.63. The standard InChI is InChI=1S/C12H9Cl2N3O/c1-7-5-9(11(14)16-6-7)17-12(18)8-3-2-4-15-10(8)13/h2-6H,1H3,(H,17,18). The molecule has 0 spiro atoms. The number of carbonyl (C=O) groups excluding carboxylic acids is 1. The first kappa shape index (κ1) is 12.8. The van der Waals surface area contributed by atoms with Gasteiger partial charge >= 0.3 is 0 Å². The van der Waals surface area contributed by atoms with Crippen molar-refractivity contribution in [2.24, 2.45) is 0 Å². The van der Waals surface area contributed by atoms with E-state index >= 15 is 0 Å². The highest BCUT2D eigenvalue weighted by Crippen LogP contribution is 2.21. The van der Waals surface area contributed by atoms with Gasteiger partial charge in [-0.1, -0.05) is 23.2 Å². The number of hydrogen-bond acceptors (Lipinski definition) is 3. The molecule has 0 aliphatic heterocycles. The number of nitrogens with zero attached hydrogens (tertiary/aromatic N) is 2. The fourth-order valence-corrected chi connectivity index (χ4v) is 1.74. The van der Waals surface area contributed by atoms with E-state index in [-0.39, 0.29) is 21.8 Å². The first-order valence-electron chi connectivity index (χ1n) is 5.12. The van der Waals surface area contributed by atoms with Crippen molar-refractivity contribution in [3.63, 3.8) is 0 Å². The van der Waals surface area contributed by atoms with Crippen LogP contribution in [0.2, 0.25) is 10.3 Å². The van der Waals surface area contributed by atoms with Crippen molar-refractivity contribution in [3.05, 3.63) is 52.0 Å². The molecule has 6 heteroatoms. The van der Waals surface area contributed by atoms with Crippen molar-refractivity contribution < 1.29 is 4.79 Å². The Bertz CT molecular complexity index is 602. The molecule has 0 saturated carbocycles. The molecule has 0 radical (unpaired) electrons. The second kappa shape index (κ2) is 5.33. The molecular formula is C12H9Cl2N3O. The topological polar surface area (TPSA) is 54.9 Å². The molecule has 1 amide bonds. The van der Waals surface area contributed by atoms with E-state index in [0.717, 1.165) is 5.56 Å². The first-order chi connectivity index (χ1) is 8.58. The van der Waals surface area contributed by atoms with Crippen LogP contribution in [0.1, 0.15) is 15.9 Å². The average molecular weight is 282 g/mol. The molecule has 0 aromatic carbocycles. The quantitative estimate of drug-likeness (QED) is 0.859. The normalized spacial score (nSPS) is 10.2. The highest BCUT2D eigenvalue weighted by Gasteiger charge is 2.12. The number of aryl methyl sites for hydroxylation is 1. The summed E-state index contributed by atoms with van der Waals surface area (Å²) in [5.74, 6) is -0.373. The zero-order valence-corrected chi connectivity index (χ0v) is 11.0. The Labute approximate surface area is 114 Å². The Morgan fingerprint density at radius 3 is 2.78 bits per heavy atom. The van der Waals surface area contributed by atoms with Gasteiger partial charge in [-0.2, -0.15) is 0 Å². The lowest BCUT2D eigenvalue weighted by Gasteiger charge is -2.08. The number of anilines is 1. The summed E-state index contributed by atoms with van der Waals surface area (Å²) in [5, 5.41) is 3.03. The van der Waals surface area contributed by atoms with Crippen LogP contribution in [0.25, 0.3) is 0 Å². The molecule has 1 N–H and O–H groups in total. The van der Waals surface area contributed by atoms with Crippen LogP contribution in [0.3, 0.4) is 0 Å². The van der Waals surface area contributed by atoms with Gasteiger partial charge in [0.05, 0.1) is 11.3 Å². The third-order valence-corrected chi connectivity index (χ3v) is 2.83. The SMILES string of the molecule is Cc1cnc(Cl)c(NC(=O)c2cccnc2Cl)c1. The number of halogens is 2. The van der Waals surface area contributed by atoms with E-state index in [1.54, 1.807) is 24.4 Å². The van der Waals surface area contributed by atoms with Crippen molar-refractivity contribution >= 4 is 34.8 Å². The summed E-state index contributed by atoms with van der Waals surface area (Å²) in [6.07, 6.45) is 3.13. The molecule has 2 heterocycles. The minimum atomic E-state index is -0.373. The molecule has 0 saturated heterocycles. The predicted octanol–water partition coefficient (Wildman–Crippen LogP) is 3.34. The van der Waals surface area contributed by atoms with Crippen molar-refractivity contribution in [2.45, 2.75) is 6.92 Å². The van der Waals surface area contributed by atoms with E-state index in [4.69, 9.17) is 23.2 Å². The van der Waals surface area contributed by atoms with Crippen LogP contribution in [-0.2, 0) is 0 Å². The molecule has 0 bridgehead atoms. The van der Waals surface area contributed by atoms with E-state index in [2.05, 4.69) is 15.3 Å². The minimum Gasteiger partial charge on any atom is -0.319 e. The molecule has 0 atom stereocenters. The van der Waals surface area contributed by atoms with Crippen LogP contribution < -0.4 is 5.32 Å². The van der Waals surface area contributed by atoms with Crippen molar-refractivity contribution in [1.29, 1.82) is 0 Å². The highest BCUT2D eigenvalue weighted by atomic mass is 35.5. The fraction of sp³-hybridized carbons (Fsp3) is 0.0833. The molecule has 0 fully saturated rings. The molecular weight excluding hydrogens is 273 g/mol. The predicted molar refractivity (Wildman–Crippen MR) is 71.2 cm³/mol. The lowest BCUT2D eigenvalue weighted by Crippen LogP contribution is -2.13. The second-order valence-corrected chi connectivity index (χ2v) is 4.36. The van der Waals surface area contributed by atoms with Crippen molar-refractivity contribution in [3.8, 4) is 0 Å². The average Bonchev–Trinajstić information content (AvgIpc) is 2.34. The Hall–Kier alpha value is -1.65. The van der Waals surface area contributed by atoms with Gasteiger partial charge in [0.2, 0.25) is 0 Å². The smallest absolute Gasteiger partial charge is 0.258 e. The number of hydrogen-bond donors (Lipinski definition) is 1. The van der Waals surface area contributed by atoms with Crippen LogP contribution in [0, 0.1) is 6.92 Å². The van der Waals surface area contributed by atoms with E-state index in [0.29, 0.717) is 5.69 Å². The largest absolute Gasteiger partial charge is 0.319 e. The minimum absolute atomic E-state index is 0.145. The summed E-state index contributed by atoms with van der Waals surface area (Å²) in [6, 6.07) is 4.95. The number of rotatable bonds is 2. The second-order valence-electron chi connectivity index (χ2n) is 3.65. The van der Waals surface area contributed by atoms with E-state index in [1.165, 1.54) is 6.20 Å². The Kier molecular flexibility index (Phi) is 3.79. The van der Waals surface area contributed by atoms with Gasteiger partial charge in [-0.15, -0.1) is 0 Å². The van der Waals surface area contributed by atoms with Crippen LogP contribution in [0.15, 0.2) is 30.6 Å². The number of amides is 1. The molecule has 4 nitrogen and oxygen atoms in total. The summed E-state index contributed by atoms with van der Waals surface area (Å²) in [7, 11) is 0. The molecule has 2 rings (SSSR count). The van der Waals surface area contributed by atoms with Crippen LogP contribution >= 0.6 is 23.2 Å². The van der Waals surface area contributed by atoms with Crippen LogP contribution in [0.4, 0.5) is 5.69 Å². The van der Waals surface area contributed by atoms with Crippen molar-refractivity contribution in [1.82, 2.24) is 9.97 Å². The van der Waals surface area contributed by atoms with Gasteiger partial charge in [0.25, 0.3) is 5.91 Å². The number of nitrogens with one attached hydrogen (secondary N) is 1. The lowest BCUT2D eigenvalue weighted by molar-refractivity contribution is 0.102.